The Balaban J connectivity index is 1.79. The Morgan fingerprint density at radius 1 is 1.03 bits per heavy atom. The second kappa shape index (κ2) is 9.26. The summed E-state index contributed by atoms with van der Waals surface area (Å²) in [6.45, 7) is 0. The number of ether oxygens (including phenoxy) is 1. The van der Waals surface area contributed by atoms with Gasteiger partial charge in [-0.15, -0.1) is 0 Å². The highest BCUT2D eigenvalue weighted by Gasteiger charge is 2.26. The zero-order chi connectivity index (χ0) is 22.6. The SMILES string of the molecule is [B]C(F)(F)Oc1cccc(-c2ccc(NC(=O)C3=C(C(=O)NOC)CCC3)c(F)c2)c1. The molecule has 2 radical (unpaired) electrons. The van der Waals surface area contributed by atoms with Crippen LogP contribution in [0.1, 0.15) is 19.3 Å². The van der Waals surface area contributed by atoms with Crippen molar-refractivity contribution in [2.24, 2.45) is 0 Å². The number of halogens is 3. The number of carbonyl (C=O) groups excluding carboxylic acids is 2. The minimum Gasteiger partial charge on any atom is -0.441 e. The fourth-order valence-corrected chi connectivity index (χ4v) is 3.29. The molecule has 1 aliphatic rings. The third-order valence-corrected chi connectivity index (χ3v) is 4.60. The Kier molecular flexibility index (Phi) is 6.70. The molecule has 160 valence electrons. The summed E-state index contributed by atoms with van der Waals surface area (Å²) in [5, 5.41) is 2.47. The molecule has 0 aliphatic heterocycles. The van der Waals surface area contributed by atoms with Gasteiger partial charge in [-0.3, -0.25) is 14.4 Å². The van der Waals surface area contributed by atoms with Crippen LogP contribution < -0.4 is 15.5 Å². The molecule has 0 bridgehead atoms. The molecule has 31 heavy (non-hydrogen) atoms. The number of hydroxylamine groups is 1. The van der Waals surface area contributed by atoms with Gasteiger partial charge in [-0.2, -0.15) is 8.78 Å². The van der Waals surface area contributed by atoms with Crippen LogP contribution in [0.2, 0.25) is 0 Å². The van der Waals surface area contributed by atoms with Gasteiger partial charge in [-0.1, -0.05) is 18.2 Å². The average Bonchev–Trinajstić information content (AvgIpc) is 3.19. The second-order valence-electron chi connectivity index (χ2n) is 6.79. The second-order valence-corrected chi connectivity index (χ2v) is 6.79. The van der Waals surface area contributed by atoms with E-state index in [1.807, 2.05) is 0 Å². The van der Waals surface area contributed by atoms with Gasteiger partial charge in [-0.25, -0.2) is 9.87 Å². The number of anilines is 1. The molecular weight excluding hydrogens is 412 g/mol. The average molecular weight is 430 g/mol. The molecule has 10 heteroatoms. The van der Waals surface area contributed by atoms with E-state index in [0.717, 1.165) is 6.07 Å². The molecule has 1 aliphatic carbocycles. The highest BCUT2D eigenvalue weighted by Crippen LogP contribution is 2.30. The van der Waals surface area contributed by atoms with Crippen LogP contribution in [0.15, 0.2) is 53.6 Å². The maximum absolute atomic E-state index is 14.6. The summed E-state index contributed by atoms with van der Waals surface area (Å²) in [6, 6.07) is 5.79. The Hall–Kier alpha value is -3.27. The van der Waals surface area contributed by atoms with Crippen LogP contribution in [0.25, 0.3) is 11.1 Å². The van der Waals surface area contributed by atoms with Crippen LogP contribution in [0.5, 0.6) is 5.75 Å². The maximum Gasteiger partial charge on any atom is 0.335 e. The van der Waals surface area contributed by atoms with E-state index in [2.05, 4.69) is 28.2 Å². The van der Waals surface area contributed by atoms with E-state index in [1.165, 1.54) is 37.4 Å². The van der Waals surface area contributed by atoms with E-state index >= 15 is 0 Å². The number of alkyl halides is 2. The molecule has 0 spiro atoms. The molecule has 0 unspecified atom stereocenters. The van der Waals surface area contributed by atoms with E-state index in [1.54, 1.807) is 6.07 Å². The van der Waals surface area contributed by atoms with Gasteiger partial charge in [-0.05, 0) is 54.7 Å². The molecule has 0 fully saturated rings. The molecule has 0 saturated heterocycles. The van der Waals surface area contributed by atoms with Crippen LogP contribution in [-0.2, 0) is 14.4 Å². The Labute approximate surface area is 177 Å². The topological polar surface area (TPSA) is 76.7 Å². The number of benzene rings is 2. The van der Waals surface area contributed by atoms with Gasteiger partial charge in [0.05, 0.1) is 12.8 Å². The van der Waals surface area contributed by atoms with Crippen molar-refractivity contribution in [1.82, 2.24) is 5.48 Å². The van der Waals surface area contributed by atoms with Gasteiger partial charge in [0, 0.05) is 11.1 Å². The largest absolute Gasteiger partial charge is 0.441 e. The van der Waals surface area contributed by atoms with Crippen molar-refractivity contribution < 1.29 is 32.3 Å². The van der Waals surface area contributed by atoms with Crippen LogP contribution in [0.4, 0.5) is 18.9 Å². The first kappa shape index (κ1) is 22.4. The minimum absolute atomic E-state index is 0.0828. The summed E-state index contributed by atoms with van der Waals surface area (Å²) in [7, 11) is 5.84. The van der Waals surface area contributed by atoms with Crippen LogP contribution in [0, 0.1) is 5.82 Å². The van der Waals surface area contributed by atoms with Crippen LogP contribution in [0.3, 0.4) is 0 Å². The zero-order valence-corrected chi connectivity index (χ0v) is 16.5. The molecule has 2 amide bonds. The summed E-state index contributed by atoms with van der Waals surface area (Å²) in [4.78, 5) is 29.1. The van der Waals surface area contributed by atoms with E-state index < -0.39 is 23.6 Å². The molecule has 0 atom stereocenters. The third kappa shape index (κ3) is 5.66. The van der Waals surface area contributed by atoms with E-state index in [4.69, 9.17) is 0 Å². The summed E-state index contributed by atoms with van der Waals surface area (Å²) in [5.41, 5.74) is 3.45. The monoisotopic (exact) mass is 430 g/mol. The number of hydrogen-bond donors (Lipinski definition) is 2. The van der Waals surface area contributed by atoms with E-state index in [0.29, 0.717) is 36.0 Å². The minimum atomic E-state index is -3.84. The summed E-state index contributed by atoms with van der Waals surface area (Å²) in [6.07, 6.45) is 1.42. The fourth-order valence-electron chi connectivity index (χ4n) is 3.29. The van der Waals surface area contributed by atoms with Crippen LogP contribution >= 0.6 is 0 Å². The Bertz CT molecular complexity index is 1040. The third-order valence-electron chi connectivity index (χ3n) is 4.60. The quantitative estimate of drug-likeness (QED) is 0.519. The van der Waals surface area contributed by atoms with Crippen molar-refractivity contribution >= 4 is 25.3 Å². The lowest BCUT2D eigenvalue weighted by atomic mass is 10.0. The van der Waals surface area contributed by atoms with Crippen molar-refractivity contribution in [2.75, 3.05) is 12.4 Å². The number of carbonyl (C=O) groups is 2. The molecule has 2 aromatic carbocycles. The molecule has 3 rings (SSSR count). The lowest BCUT2D eigenvalue weighted by molar-refractivity contribution is -0.127. The van der Waals surface area contributed by atoms with Gasteiger partial charge < -0.3 is 10.1 Å². The maximum atomic E-state index is 14.6. The molecular formula is C21H18BF3N2O4. The number of hydrogen-bond acceptors (Lipinski definition) is 4. The van der Waals surface area contributed by atoms with Gasteiger partial charge in [0.1, 0.15) is 11.6 Å². The lowest BCUT2D eigenvalue weighted by Crippen LogP contribution is -2.25. The molecule has 0 saturated carbocycles. The first-order valence-electron chi connectivity index (χ1n) is 9.30. The van der Waals surface area contributed by atoms with E-state index in [-0.39, 0.29) is 17.0 Å². The smallest absolute Gasteiger partial charge is 0.335 e. The summed E-state index contributed by atoms with van der Waals surface area (Å²) < 4.78 is 44.6. The highest BCUT2D eigenvalue weighted by atomic mass is 19.3. The zero-order valence-electron chi connectivity index (χ0n) is 16.5. The Morgan fingerprint density at radius 2 is 1.71 bits per heavy atom. The predicted molar refractivity (Wildman–Crippen MR) is 108 cm³/mol. The van der Waals surface area contributed by atoms with Gasteiger partial charge >= 0.3 is 6.01 Å². The van der Waals surface area contributed by atoms with Crippen LogP contribution in [-0.4, -0.2) is 32.8 Å². The van der Waals surface area contributed by atoms with Gasteiger partial charge in [0.25, 0.3) is 11.8 Å². The van der Waals surface area contributed by atoms with Crippen molar-refractivity contribution in [1.29, 1.82) is 0 Å². The van der Waals surface area contributed by atoms with Gasteiger partial charge in [0.15, 0.2) is 0 Å². The molecule has 2 N–H and O–H groups in total. The first-order valence-corrected chi connectivity index (χ1v) is 9.30. The van der Waals surface area contributed by atoms with E-state index in [9.17, 15) is 22.8 Å². The first-order chi connectivity index (χ1) is 14.7. The molecule has 6 nitrogen and oxygen atoms in total. The lowest BCUT2D eigenvalue weighted by Gasteiger charge is -2.15. The van der Waals surface area contributed by atoms with Crippen molar-refractivity contribution in [2.45, 2.75) is 25.3 Å². The highest BCUT2D eigenvalue weighted by molar-refractivity contribution is 6.12. The summed E-state index contributed by atoms with van der Waals surface area (Å²) in [5.74, 6) is -2.00. The number of rotatable bonds is 7. The predicted octanol–water partition coefficient (Wildman–Crippen LogP) is 3.69. The molecule has 0 aromatic heterocycles. The van der Waals surface area contributed by atoms with Crippen molar-refractivity contribution in [3.8, 4) is 16.9 Å². The van der Waals surface area contributed by atoms with Crippen molar-refractivity contribution in [3.05, 3.63) is 59.4 Å². The number of nitrogens with one attached hydrogen (secondary N) is 2. The fraction of sp³-hybridized carbons (Fsp3) is 0.238. The Morgan fingerprint density at radius 3 is 2.35 bits per heavy atom. The summed E-state index contributed by atoms with van der Waals surface area (Å²) >= 11 is 0. The van der Waals surface area contributed by atoms with Crippen molar-refractivity contribution in [3.63, 3.8) is 0 Å². The normalized spacial score (nSPS) is 13.8. The number of amides is 2. The standard InChI is InChI=1S/C21H18BF3N2O4/c1-30-27-20(29)16-7-3-6-15(16)19(28)26-18-9-8-13(11-17(18)23)12-4-2-5-14(10-12)31-21(22,24)25/h2,4-5,8-11H,3,6-7H2,1H3,(H,26,28)(H,27,29). The molecule has 0 heterocycles. The molecule has 2 aromatic rings. The van der Waals surface area contributed by atoms with Gasteiger partial charge in [0.2, 0.25) is 7.85 Å².